The molecule has 1 saturated heterocycles. The molecule has 0 bridgehead atoms. The van der Waals surface area contributed by atoms with Crippen LogP contribution in [0.5, 0.6) is 0 Å². The lowest BCUT2D eigenvalue weighted by atomic mass is 9.74. The zero-order chi connectivity index (χ0) is 26.0. The Bertz CT molecular complexity index is 1180. The highest BCUT2D eigenvalue weighted by atomic mass is 16.5. The van der Waals surface area contributed by atoms with Crippen molar-refractivity contribution >= 4 is 23.1 Å². The Morgan fingerprint density at radius 2 is 1.92 bits per heavy atom. The average Bonchev–Trinajstić information content (AvgIpc) is 3.23. The van der Waals surface area contributed by atoms with Gasteiger partial charge in [0.15, 0.2) is 5.78 Å². The molecule has 1 amide bonds. The molecule has 8 heteroatoms. The van der Waals surface area contributed by atoms with Crippen LogP contribution < -0.4 is 15.5 Å². The Morgan fingerprint density at radius 1 is 1.14 bits per heavy atom. The van der Waals surface area contributed by atoms with Crippen molar-refractivity contribution in [2.45, 2.75) is 46.1 Å². The first-order valence-electron chi connectivity index (χ1n) is 13.3. The second kappa shape index (κ2) is 10.7. The van der Waals surface area contributed by atoms with E-state index in [4.69, 9.17) is 9.15 Å². The van der Waals surface area contributed by atoms with Crippen molar-refractivity contribution in [3.05, 3.63) is 59.2 Å². The molecule has 0 radical (unpaired) electrons. The number of allylic oxidation sites excluding steroid dienone is 1. The molecule has 1 aromatic carbocycles. The largest absolute Gasteiger partial charge is 0.464 e. The van der Waals surface area contributed by atoms with E-state index in [0.717, 1.165) is 68.5 Å². The summed E-state index contributed by atoms with van der Waals surface area (Å²) < 4.78 is 11.5. The highest BCUT2D eigenvalue weighted by Crippen LogP contribution is 2.48. The monoisotopic (exact) mass is 506 g/mol. The van der Waals surface area contributed by atoms with Crippen molar-refractivity contribution in [2.75, 3.05) is 56.2 Å². The summed E-state index contributed by atoms with van der Waals surface area (Å²) in [6.45, 7) is 11.3. The summed E-state index contributed by atoms with van der Waals surface area (Å²) in [6.07, 6.45) is 2.09. The van der Waals surface area contributed by atoms with E-state index in [-0.39, 0.29) is 23.7 Å². The molecule has 2 aliphatic heterocycles. The van der Waals surface area contributed by atoms with E-state index in [9.17, 15) is 9.59 Å². The van der Waals surface area contributed by atoms with Crippen LogP contribution in [0.1, 0.15) is 50.7 Å². The molecule has 1 aliphatic carbocycles. The minimum Gasteiger partial charge on any atom is -0.464 e. The van der Waals surface area contributed by atoms with Gasteiger partial charge in [-0.3, -0.25) is 14.5 Å². The molecule has 37 heavy (non-hydrogen) atoms. The normalized spacial score (nSPS) is 21.6. The summed E-state index contributed by atoms with van der Waals surface area (Å²) in [4.78, 5) is 31.3. The number of furan rings is 1. The van der Waals surface area contributed by atoms with Gasteiger partial charge in [0.1, 0.15) is 17.6 Å². The van der Waals surface area contributed by atoms with Gasteiger partial charge in [0, 0.05) is 37.3 Å². The fourth-order valence-corrected chi connectivity index (χ4v) is 5.69. The lowest BCUT2D eigenvalue weighted by molar-refractivity contribution is -0.120. The summed E-state index contributed by atoms with van der Waals surface area (Å²) in [6, 6.07) is 11.3. The Hall–Kier alpha value is -3.10. The summed E-state index contributed by atoms with van der Waals surface area (Å²) >= 11 is 0. The fourth-order valence-electron chi connectivity index (χ4n) is 5.69. The van der Waals surface area contributed by atoms with Crippen LogP contribution >= 0.6 is 0 Å². The van der Waals surface area contributed by atoms with E-state index >= 15 is 0 Å². The van der Waals surface area contributed by atoms with E-state index in [1.165, 1.54) is 0 Å². The number of rotatable bonds is 7. The number of nitrogens with zero attached hydrogens (tertiary/aromatic N) is 2. The molecule has 3 aliphatic rings. The van der Waals surface area contributed by atoms with E-state index in [1.807, 2.05) is 48.2 Å². The lowest BCUT2D eigenvalue weighted by Crippen LogP contribution is -2.42. The number of amides is 1. The molecule has 2 aromatic rings. The summed E-state index contributed by atoms with van der Waals surface area (Å²) in [5, 5.41) is 6.68. The van der Waals surface area contributed by atoms with Gasteiger partial charge in [-0.1, -0.05) is 26.0 Å². The van der Waals surface area contributed by atoms with E-state index in [2.05, 4.69) is 29.4 Å². The van der Waals surface area contributed by atoms with E-state index in [0.29, 0.717) is 24.3 Å². The number of aryl methyl sites for hydroxylation is 1. The number of hydrogen-bond acceptors (Lipinski definition) is 7. The molecular weight excluding hydrogens is 468 g/mol. The average molecular weight is 507 g/mol. The third-order valence-corrected chi connectivity index (χ3v) is 7.43. The van der Waals surface area contributed by atoms with Crippen molar-refractivity contribution < 1.29 is 18.7 Å². The van der Waals surface area contributed by atoms with Crippen LogP contribution in [0.25, 0.3) is 0 Å². The number of carbonyl (C=O) groups excluding carboxylic acids is 2. The molecule has 2 N–H and O–H groups in total. The number of benzene rings is 1. The number of anilines is 2. The zero-order valence-electron chi connectivity index (χ0n) is 22.1. The van der Waals surface area contributed by atoms with Gasteiger partial charge < -0.3 is 24.7 Å². The second-order valence-corrected chi connectivity index (χ2v) is 11.1. The SMILES string of the molecule is Cc1ccc(C2C3=C(CC(C)(C)CC3=O)Nc3ccccc3N2CC(=O)NCCCN2CCOCC2)o1. The number of para-hydroxylation sites is 2. The van der Waals surface area contributed by atoms with Gasteiger partial charge in [-0.05, 0) is 56.0 Å². The summed E-state index contributed by atoms with van der Waals surface area (Å²) in [5.74, 6) is 1.48. The number of fused-ring (bicyclic) bond motifs is 1. The van der Waals surface area contributed by atoms with E-state index < -0.39 is 6.04 Å². The maximum absolute atomic E-state index is 13.7. The van der Waals surface area contributed by atoms with Crippen LogP contribution in [0.15, 0.2) is 52.1 Å². The van der Waals surface area contributed by atoms with Crippen LogP contribution in [0.2, 0.25) is 0 Å². The quantitative estimate of drug-likeness (QED) is 0.548. The molecule has 3 heterocycles. The Labute approximate surface area is 219 Å². The Balaban J connectivity index is 1.42. The first-order chi connectivity index (χ1) is 17.8. The molecule has 1 aromatic heterocycles. The number of ether oxygens (including phenoxy) is 1. The molecule has 0 spiro atoms. The van der Waals surface area contributed by atoms with Gasteiger partial charge >= 0.3 is 0 Å². The highest BCUT2D eigenvalue weighted by molar-refractivity contribution is 6.01. The molecule has 198 valence electrons. The first kappa shape index (κ1) is 25.5. The number of carbonyl (C=O) groups is 2. The maximum Gasteiger partial charge on any atom is 0.239 e. The van der Waals surface area contributed by atoms with Crippen LogP contribution in [0.4, 0.5) is 11.4 Å². The molecule has 1 atom stereocenters. The third kappa shape index (κ3) is 5.75. The first-order valence-corrected chi connectivity index (χ1v) is 13.3. The molecule has 5 rings (SSSR count). The van der Waals surface area contributed by atoms with Crippen molar-refractivity contribution in [3.63, 3.8) is 0 Å². The van der Waals surface area contributed by atoms with Crippen molar-refractivity contribution in [1.29, 1.82) is 0 Å². The van der Waals surface area contributed by atoms with Gasteiger partial charge in [-0.25, -0.2) is 0 Å². The third-order valence-electron chi connectivity index (χ3n) is 7.43. The van der Waals surface area contributed by atoms with Crippen molar-refractivity contribution in [2.24, 2.45) is 5.41 Å². The van der Waals surface area contributed by atoms with Gasteiger partial charge in [0.2, 0.25) is 5.91 Å². The predicted octanol–water partition coefficient (Wildman–Crippen LogP) is 4.04. The molecule has 0 saturated carbocycles. The van der Waals surface area contributed by atoms with Crippen LogP contribution in [-0.4, -0.2) is 62.5 Å². The number of hydrogen-bond donors (Lipinski definition) is 2. The topological polar surface area (TPSA) is 87.1 Å². The highest BCUT2D eigenvalue weighted by Gasteiger charge is 2.43. The second-order valence-electron chi connectivity index (χ2n) is 11.1. The van der Waals surface area contributed by atoms with Gasteiger partial charge in [-0.15, -0.1) is 0 Å². The van der Waals surface area contributed by atoms with Crippen LogP contribution in [0.3, 0.4) is 0 Å². The Morgan fingerprint density at radius 3 is 2.68 bits per heavy atom. The van der Waals surface area contributed by atoms with Crippen molar-refractivity contribution in [3.8, 4) is 0 Å². The van der Waals surface area contributed by atoms with Crippen LogP contribution in [0, 0.1) is 12.3 Å². The van der Waals surface area contributed by atoms with Crippen molar-refractivity contribution in [1.82, 2.24) is 10.2 Å². The molecule has 1 unspecified atom stereocenters. The number of nitrogens with one attached hydrogen (secondary N) is 2. The molecular formula is C29H38N4O4. The van der Waals surface area contributed by atoms with Gasteiger partial charge in [-0.2, -0.15) is 0 Å². The Kier molecular flexibility index (Phi) is 7.40. The van der Waals surface area contributed by atoms with Crippen LogP contribution in [-0.2, 0) is 14.3 Å². The smallest absolute Gasteiger partial charge is 0.239 e. The van der Waals surface area contributed by atoms with E-state index in [1.54, 1.807) is 0 Å². The standard InChI is InChI=1S/C29H38N4O4/c1-20-9-10-25(37-20)28-27-22(17-29(2,3)18-24(27)34)31-21-7-4-5-8-23(21)33(28)19-26(35)30-11-6-12-32-13-15-36-16-14-32/h4-5,7-10,28,31H,6,11-19H2,1-3H3,(H,30,35). The summed E-state index contributed by atoms with van der Waals surface area (Å²) in [7, 11) is 0. The maximum atomic E-state index is 13.7. The predicted molar refractivity (Wildman–Crippen MR) is 144 cm³/mol. The number of ketones is 1. The number of Topliss-reactive ketones (excluding diaryl/α,β-unsaturated/α-hetero) is 1. The minimum absolute atomic E-state index is 0.0716. The molecule has 8 nitrogen and oxygen atoms in total. The summed E-state index contributed by atoms with van der Waals surface area (Å²) in [5.41, 5.74) is 3.25. The minimum atomic E-state index is -0.484. The molecule has 1 fully saturated rings. The number of morpholine rings is 1. The van der Waals surface area contributed by atoms with Gasteiger partial charge in [0.25, 0.3) is 0 Å². The fraction of sp³-hybridized carbons (Fsp3) is 0.517. The zero-order valence-corrected chi connectivity index (χ0v) is 22.1. The lowest BCUT2D eigenvalue weighted by Gasteiger charge is -2.36. The van der Waals surface area contributed by atoms with Gasteiger partial charge in [0.05, 0.1) is 31.1 Å².